The summed E-state index contributed by atoms with van der Waals surface area (Å²) in [6, 6.07) is 1.70. The first kappa shape index (κ1) is 21.9. The van der Waals surface area contributed by atoms with Crippen LogP contribution in [0.1, 0.15) is 12.2 Å². The van der Waals surface area contributed by atoms with Gasteiger partial charge in [-0.2, -0.15) is 12.7 Å². The van der Waals surface area contributed by atoms with Crippen molar-refractivity contribution in [1.29, 1.82) is 0 Å². The van der Waals surface area contributed by atoms with Crippen LogP contribution in [-0.4, -0.2) is 71.6 Å². The summed E-state index contributed by atoms with van der Waals surface area (Å²) >= 11 is 0. The van der Waals surface area contributed by atoms with Crippen molar-refractivity contribution in [3.8, 4) is 11.5 Å². The molecule has 3 heterocycles. The second-order valence-corrected chi connectivity index (χ2v) is 8.14. The molecular formula is C17H22F2N8O2S. The minimum atomic E-state index is -3.75. The van der Waals surface area contributed by atoms with Crippen LogP contribution < -0.4 is 10.0 Å². The molecule has 2 N–H and O–H groups in total. The molecule has 2 aromatic heterocycles. The predicted octanol–water partition coefficient (Wildman–Crippen LogP) is 1.13. The largest absolute Gasteiger partial charge is 0.355 e. The number of aromatic nitrogens is 4. The van der Waals surface area contributed by atoms with Crippen LogP contribution in [0.3, 0.4) is 0 Å². The van der Waals surface area contributed by atoms with Crippen molar-refractivity contribution in [2.45, 2.75) is 19.8 Å². The Balaban J connectivity index is 1.91. The van der Waals surface area contributed by atoms with Crippen molar-refractivity contribution in [2.24, 2.45) is 10.1 Å². The minimum absolute atomic E-state index is 0.237. The highest BCUT2D eigenvalue weighted by Gasteiger charge is 2.23. The maximum Gasteiger partial charge on any atom is 0.281 e. The molecule has 0 amide bonds. The number of hydrogen-bond donors (Lipinski definition) is 1. The smallest absolute Gasteiger partial charge is 0.281 e. The van der Waals surface area contributed by atoms with Crippen LogP contribution in [0, 0.1) is 6.92 Å². The summed E-state index contributed by atoms with van der Waals surface area (Å²) < 4.78 is 52.0. The first-order valence-corrected chi connectivity index (χ1v) is 10.6. The number of aliphatic imine (C=N–C) groups is 1. The quantitative estimate of drug-likeness (QED) is 0.672. The average Bonchev–Trinajstić information content (AvgIpc) is 2.90. The molecule has 1 aliphatic rings. The van der Waals surface area contributed by atoms with E-state index in [1.54, 1.807) is 19.2 Å². The SMILES string of the molecule is C=N/C(=C\n1c(-c2nccc(N3CCCN(S(N)(=O)=O)CC3)n2)cnc1C)C(F)F. The first-order chi connectivity index (χ1) is 14.2. The molecule has 3 rings (SSSR count). The molecular weight excluding hydrogens is 418 g/mol. The van der Waals surface area contributed by atoms with Crippen molar-refractivity contribution < 1.29 is 17.2 Å². The van der Waals surface area contributed by atoms with E-state index in [2.05, 4.69) is 26.7 Å². The number of imidazole rings is 1. The molecule has 0 saturated carbocycles. The lowest BCUT2D eigenvalue weighted by Crippen LogP contribution is -2.39. The van der Waals surface area contributed by atoms with Gasteiger partial charge in [0, 0.05) is 38.6 Å². The third-order valence-electron chi connectivity index (χ3n) is 4.66. The van der Waals surface area contributed by atoms with E-state index in [1.165, 1.54) is 15.1 Å². The van der Waals surface area contributed by atoms with Gasteiger partial charge in [0.1, 0.15) is 23.0 Å². The van der Waals surface area contributed by atoms with Gasteiger partial charge in [-0.15, -0.1) is 0 Å². The molecule has 0 spiro atoms. The number of nitrogens with zero attached hydrogens (tertiary/aromatic N) is 7. The van der Waals surface area contributed by atoms with Gasteiger partial charge >= 0.3 is 0 Å². The van der Waals surface area contributed by atoms with Gasteiger partial charge in [0.25, 0.3) is 16.6 Å². The molecule has 13 heteroatoms. The lowest BCUT2D eigenvalue weighted by atomic mass is 10.3. The maximum absolute atomic E-state index is 13.1. The fraction of sp³-hybridized carbons (Fsp3) is 0.412. The Hall–Kier alpha value is -2.77. The normalized spacial score (nSPS) is 16.7. The van der Waals surface area contributed by atoms with Gasteiger partial charge in [0.15, 0.2) is 5.82 Å². The summed E-state index contributed by atoms with van der Waals surface area (Å²) in [5, 5.41) is 5.23. The molecule has 2 aromatic rings. The summed E-state index contributed by atoms with van der Waals surface area (Å²) in [7, 11) is -3.75. The third kappa shape index (κ3) is 4.86. The molecule has 10 nitrogen and oxygen atoms in total. The van der Waals surface area contributed by atoms with Crippen LogP contribution in [0.5, 0.6) is 0 Å². The number of aryl methyl sites for hydroxylation is 1. The summed E-state index contributed by atoms with van der Waals surface area (Å²) in [6.45, 7) is 6.39. The van der Waals surface area contributed by atoms with Crippen molar-refractivity contribution >= 4 is 28.9 Å². The third-order valence-corrected chi connectivity index (χ3v) is 5.74. The Morgan fingerprint density at radius 3 is 2.73 bits per heavy atom. The zero-order valence-electron chi connectivity index (χ0n) is 16.3. The zero-order valence-corrected chi connectivity index (χ0v) is 17.1. The summed E-state index contributed by atoms with van der Waals surface area (Å²) in [5.74, 6) is 1.33. The highest BCUT2D eigenvalue weighted by molar-refractivity contribution is 7.86. The maximum atomic E-state index is 13.1. The van der Waals surface area contributed by atoms with E-state index < -0.39 is 22.3 Å². The number of allylic oxidation sites excluding steroid dienone is 1. The van der Waals surface area contributed by atoms with E-state index in [9.17, 15) is 17.2 Å². The molecule has 0 aromatic carbocycles. The Bertz CT molecular complexity index is 1050. The lowest BCUT2D eigenvalue weighted by molar-refractivity contribution is 0.189. The van der Waals surface area contributed by atoms with Crippen LogP contribution in [0.4, 0.5) is 14.6 Å². The van der Waals surface area contributed by atoms with E-state index in [4.69, 9.17) is 5.14 Å². The van der Waals surface area contributed by atoms with Gasteiger partial charge < -0.3 is 4.90 Å². The Morgan fingerprint density at radius 2 is 2.07 bits per heavy atom. The van der Waals surface area contributed by atoms with Gasteiger partial charge in [-0.1, -0.05) is 0 Å². The molecule has 162 valence electrons. The van der Waals surface area contributed by atoms with Crippen molar-refractivity contribution in [2.75, 3.05) is 31.1 Å². The van der Waals surface area contributed by atoms with E-state index >= 15 is 0 Å². The number of nitrogens with two attached hydrogens (primary N) is 1. The number of rotatable bonds is 6. The van der Waals surface area contributed by atoms with Gasteiger partial charge in [0.05, 0.1) is 6.20 Å². The van der Waals surface area contributed by atoms with Crippen LogP contribution in [0.25, 0.3) is 17.7 Å². The Labute approximate surface area is 173 Å². The van der Waals surface area contributed by atoms with E-state index in [0.29, 0.717) is 43.4 Å². The standard InChI is InChI=1S/C17H22F2N8O2S/c1-12-23-10-14(27(12)11-13(21-2)16(18)19)17-22-5-4-15(24-17)25-6-3-7-26(9-8-25)30(20,28)29/h4-5,10-11,16H,2-3,6-9H2,1H3,(H2,20,28,29)/b13-11-. The van der Waals surface area contributed by atoms with E-state index in [1.807, 2.05) is 4.90 Å². The average molecular weight is 440 g/mol. The van der Waals surface area contributed by atoms with E-state index in [-0.39, 0.29) is 12.4 Å². The van der Waals surface area contributed by atoms with E-state index in [0.717, 1.165) is 6.20 Å². The fourth-order valence-corrected chi connectivity index (χ4v) is 3.83. The first-order valence-electron chi connectivity index (χ1n) is 9.07. The van der Waals surface area contributed by atoms with Gasteiger partial charge in [0.2, 0.25) is 0 Å². The molecule has 0 aliphatic carbocycles. The second kappa shape index (κ2) is 8.93. The predicted molar refractivity (Wildman–Crippen MR) is 109 cm³/mol. The molecule has 1 saturated heterocycles. The Morgan fingerprint density at radius 1 is 1.30 bits per heavy atom. The summed E-state index contributed by atoms with van der Waals surface area (Å²) in [4.78, 5) is 18.2. The lowest BCUT2D eigenvalue weighted by Gasteiger charge is -2.22. The second-order valence-electron chi connectivity index (χ2n) is 6.60. The molecule has 0 unspecified atom stereocenters. The van der Waals surface area contributed by atoms with Crippen molar-refractivity contribution in [1.82, 2.24) is 23.8 Å². The van der Waals surface area contributed by atoms with Crippen molar-refractivity contribution in [3.05, 3.63) is 30.0 Å². The highest BCUT2D eigenvalue weighted by Crippen LogP contribution is 2.23. The number of halogens is 2. The van der Waals surface area contributed by atoms with Crippen LogP contribution in [-0.2, 0) is 10.2 Å². The summed E-state index contributed by atoms with van der Waals surface area (Å²) in [6.07, 6.45) is 1.99. The Kier molecular flexibility index (Phi) is 6.53. The fourth-order valence-electron chi connectivity index (χ4n) is 3.11. The number of alkyl halides is 2. The summed E-state index contributed by atoms with van der Waals surface area (Å²) in [5.41, 5.74) is -0.0822. The van der Waals surface area contributed by atoms with Gasteiger partial charge in [-0.05, 0) is 26.1 Å². The molecule has 1 fully saturated rings. The molecule has 0 atom stereocenters. The monoisotopic (exact) mass is 440 g/mol. The zero-order chi connectivity index (χ0) is 21.9. The van der Waals surface area contributed by atoms with Gasteiger partial charge in [-0.25, -0.2) is 28.9 Å². The van der Waals surface area contributed by atoms with Crippen LogP contribution >= 0.6 is 0 Å². The minimum Gasteiger partial charge on any atom is -0.355 e. The van der Waals surface area contributed by atoms with Crippen molar-refractivity contribution in [3.63, 3.8) is 0 Å². The van der Waals surface area contributed by atoms with Crippen LogP contribution in [0.2, 0.25) is 0 Å². The molecule has 30 heavy (non-hydrogen) atoms. The molecule has 1 aliphatic heterocycles. The topological polar surface area (TPSA) is 123 Å². The number of anilines is 1. The molecule has 0 bridgehead atoms. The van der Waals surface area contributed by atoms with Crippen LogP contribution in [0.15, 0.2) is 29.1 Å². The highest BCUT2D eigenvalue weighted by atomic mass is 32.2. The number of hydrogen-bond acceptors (Lipinski definition) is 7. The molecule has 0 radical (unpaired) electrons. The van der Waals surface area contributed by atoms with Gasteiger partial charge in [-0.3, -0.25) is 9.56 Å².